The molecule has 0 unspecified atom stereocenters. The van der Waals surface area contributed by atoms with Gasteiger partial charge in [-0.2, -0.15) is 0 Å². The van der Waals surface area contributed by atoms with E-state index in [1.54, 1.807) is 6.07 Å². The monoisotopic (exact) mass is 227 g/mol. The van der Waals surface area contributed by atoms with E-state index in [2.05, 4.69) is 0 Å². The molecule has 0 saturated heterocycles. The molecule has 4 heteroatoms. The molecule has 0 aliphatic rings. The summed E-state index contributed by atoms with van der Waals surface area (Å²) in [7, 11) is 0. The van der Waals surface area contributed by atoms with E-state index >= 15 is 0 Å². The number of anilines is 1. The number of benzene rings is 1. The molecule has 0 atom stereocenters. The largest absolute Gasteiger partial charge is 0.395 e. The summed E-state index contributed by atoms with van der Waals surface area (Å²) in [5.41, 5.74) is 1.26. The SMILES string of the molecule is CCCN(CCO)c1cc(F)cc(CO)c1. The third kappa shape index (κ3) is 3.47. The minimum absolute atomic E-state index is 0.0327. The molecule has 0 radical (unpaired) electrons. The second kappa shape index (κ2) is 6.45. The van der Waals surface area contributed by atoms with Crippen LogP contribution in [0.2, 0.25) is 0 Å². The molecule has 0 aliphatic carbocycles. The number of rotatable bonds is 6. The first-order valence-electron chi connectivity index (χ1n) is 5.47. The topological polar surface area (TPSA) is 43.7 Å². The van der Waals surface area contributed by atoms with E-state index in [4.69, 9.17) is 10.2 Å². The van der Waals surface area contributed by atoms with Crippen molar-refractivity contribution in [1.82, 2.24) is 0 Å². The van der Waals surface area contributed by atoms with Gasteiger partial charge in [0.25, 0.3) is 0 Å². The third-order valence-electron chi connectivity index (χ3n) is 2.35. The standard InChI is InChI=1S/C12H18FNO2/c1-2-3-14(4-5-15)12-7-10(9-16)6-11(13)8-12/h6-8,15-16H,2-5,9H2,1H3. The van der Waals surface area contributed by atoms with Gasteiger partial charge in [-0.15, -0.1) is 0 Å². The number of nitrogens with zero attached hydrogens (tertiary/aromatic N) is 1. The molecule has 16 heavy (non-hydrogen) atoms. The molecular weight excluding hydrogens is 209 g/mol. The summed E-state index contributed by atoms with van der Waals surface area (Å²) in [6.07, 6.45) is 0.922. The van der Waals surface area contributed by atoms with Crippen LogP contribution in [-0.2, 0) is 6.61 Å². The Balaban J connectivity index is 2.93. The number of hydrogen-bond donors (Lipinski definition) is 2. The summed E-state index contributed by atoms with van der Waals surface area (Å²) in [5, 5.41) is 17.9. The normalized spacial score (nSPS) is 10.5. The van der Waals surface area contributed by atoms with Gasteiger partial charge in [0, 0.05) is 18.8 Å². The number of halogens is 1. The summed E-state index contributed by atoms with van der Waals surface area (Å²) >= 11 is 0. The highest BCUT2D eigenvalue weighted by atomic mass is 19.1. The molecule has 0 amide bonds. The zero-order valence-corrected chi connectivity index (χ0v) is 9.49. The number of aliphatic hydroxyl groups excluding tert-OH is 2. The van der Waals surface area contributed by atoms with E-state index in [1.165, 1.54) is 12.1 Å². The first-order valence-corrected chi connectivity index (χ1v) is 5.47. The molecule has 0 spiro atoms. The summed E-state index contributed by atoms with van der Waals surface area (Å²) in [4.78, 5) is 1.90. The quantitative estimate of drug-likeness (QED) is 0.774. The fourth-order valence-electron chi connectivity index (χ4n) is 1.67. The molecule has 0 saturated carbocycles. The maximum absolute atomic E-state index is 13.3. The Kier molecular flexibility index (Phi) is 5.22. The molecule has 0 bridgehead atoms. The minimum atomic E-state index is -0.361. The van der Waals surface area contributed by atoms with Gasteiger partial charge in [0.1, 0.15) is 5.82 Å². The van der Waals surface area contributed by atoms with Crippen LogP contribution in [0.15, 0.2) is 18.2 Å². The lowest BCUT2D eigenvalue weighted by molar-refractivity contribution is 0.281. The first kappa shape index (κ1) is 12.9. The van der Waals surface area contributed by atoms with Gasteiger partial charge in [0.05, 0.1) is 13.2 Å². The predicted octanol–water partition coefficient (Wildman–Crippen LogP) is 1.53. The van der Waals surface area contributed by atoms with Gasteiger partial charge in [-0.05, 0) is 30.2 Å². The number of aliphatic hydroxyl groups is 2. The highest BCUT2D eigenvalue weighted by Crippen LogP contribution is 2.19. The van der Waals surface area contributed by atoms with Crippen LogP contribution in [-0.4, -0.2) is 29.9 Å². The van der Waals surface area contributed by atoms with Gasteiger partial charge in [-0.1, -0.05) is 6.92 Å². The van der Waals surface area contributed by atoms with Crippen LogP contribution in [0, 0.1) is 5.82 Å². The molecule has 0 aromatic heterocycles. The van der Waals surface area contributed by atoms with E-state index in [9.17, 15) is 4.39 Å². The Hall–Kier alpha value is -1.13. The maximum atomic E-state index is 13.3. The summed E-state index contributed by atoms with van der Waals surface area (Å²) in [5.74, 6) is -0.361. The van der Waals surface area contributed by atoms with Crippen molar-refractivity contribution in [3.63, 3.8) is 0 Å². The van der Waals surface area contributed by atoms with E-state index in [0.29, 0.717) is 17.8 Å². The van der Waals surface area contributed by atoms with Crippen LogP contribution in [0.1, 0.15) is 18.9 Å². The molecule has 90 valence electrons. The van der Waals surface area contributed by atoms with Crippen molar-refractivity contribution < 1.29 is 14.6 Å². The van der Waals surface area contributed by atoms with Crippen LogP contribution >= 0.6 is 0 Å². The Morgan fingerprint density at radius 3 is 2.50 bits per heavy atom. The highest BCUT2D eigenvalue weighted by Gasteiger charge is 2.07. The Morgan fingerprint density at radius 1 is 1.19 bits per heavy atom. The van der Waals surface area contributed by atoms with E-state index in [1.807, 2.05) is 11.8 Å². The van der Waals surface area contributed by atoms with Crippen molar-refractivity contribution in [3.05, 3.63) is 29.6 Å². The van der Waals surface area contributed by atoms with Crippen LogP contribution < -0.4 is 4.90 Å². The van der Waals surface area contributed by atoms with Crippen molar-refractivity contribution in [2.75, 3.05) is 24.6 Å². The van der Waals surface area contributed by atoms with Gasteiger partial charge >= 0.3 is 0 Å². The van der Waals surface area contributed by atoms with Crippen LogP contribution in [0.4, 0.5) is 10.1 Å². The molecule has 1 aromatic rings. The molecule has 1 aromatic carbocycles. The van der Waals surface area contributed by atoms with Gasteiger partial charge < -0.3 is 15.1 Å². The van der Waals surface area contributed by atoms with Crippen molar-refractivity contribution >= 4 is 5.69 Å². The summed E-state index contributed by atoms with van der Waals surface area (Å²) in [6.45, 7) is 3.11. The van der Waals surface area contributed by atoms with E-state index in [-0.39, 0.29) is 19.0 Å². The van der Waals surface area contributed by atoms with Crippen molar-refractivity contribution in [2.45, 2.75) is 20.0 Å². The van der Waals surface area contributed by atoms with E-state index in [0.717, 1.165) is 13.0 Å². The third-order valence-corrected chi connectivity index (χ3v) is 2.35. The lowest BCUT2D eigenvalue weighted by atomic mass is 10.2. The predicted molar refractivity (Wildman–Crippen MR) is 61.9 cm³/mol. The summed E-state index contributed by atoms with van der Waals surface area (Å²) < 4.78 is 13.3. The van der Waals surface area contributed by atoms with E-state index < -0.39 is 0 Å². The molecule has 3 nitrogen and oxygen atoms in total. The smallest absolute Gasteiger partial charge is 0.125 e. The van der Waals surface area contributed by atoms with Gasteiger partial charge in [-0.3, -0.25) is 0 Å². The zero-order chi connectivity index (χ0) is 12.0. The molecular formula is C12H18FNO2. The molecule has 0 fully saturated rings. The fraction of sp³-hybridized carbons (Fsp3) is 0.500. The molecule has 0 heterocycles. The minimum Gasteiger partial charge on any atom is -0.395 e. The number of hydrogen-bond acceptors (Lipinski definition) is 3. The average Bonchev–Trinajstić information content (AvgIpc) is 2.28. The van der Waals surface area contributed by atoms with Crippen molar-refractivity contribution in [3.8, 4) is 0 Å². The van der Waals surface area contributed by atoms with Gasteiger partial charge in [0.2, 0.25) is 0 Å². The van der Waals surface area contributed by atoms with Gasteiger partial charge in [-0.25, -0.2) is 4.39 Å². The zero-order valence-electron chi connectivity index (χ0n) is 9.49. The van der Waals surface area contributed by atoms with Crippen LogP contribution in [0.25, 0.3) is 0 Å². The van der Waals surface area contributed by atoms with Crippen LogP contribution in [0.5, 0.6) is 0 Å². The average molecular weight is 227 g/mol. The maximum Gasteiger partial charge on any atom is 0.125 e. The lowest BCUT2D eigenvalue weighted by Crippen LogP contribution is -2.27. The first-order chi connectivity index (χ1) is 7.71. The Labute approximate surface area is 95.1 Å². The molecule has 1 rings (SSSR count). The molecule has 0 aliphatic heterocycles. The van der Waals surface area contributed by atoms with Gasteiger partial charge in [0.15, 0.2) is 0 Å². The lowest BCUT2D eigenvalue weighted by Gasteiger charge is -2.23. The highest BCUT2D eigenvalue weighted by molar-refractivity contribution is 5.49. The second-order valence-corrected chi connectivity index (χ2v) is 3.69. The van der Waals surface area contributed by atoms with Crippen molar-refractivity contribution in [1.29, 1.82) is 0 Å². The molecule has 2 N–H and O–H groups in total. The van der Waals surface area contributed by atoms with Crippen molar-refractivity contribution in [2.24, 2.45) is 0 Å². The van der Waals surface area contributed by atoms with Crippen LogP contribution in [0.3, 0.4) is 0 Å². The fourth-order valence-corrected chi connectivity index (χ4v) is 1.67. The summed E-state index contributed by atoms with van der Waals surface area (Å²) in [6, 6.07) is 4.48. The Morgan fingerprint density at radius 2 is 1.94 bits per heavy atom. The Bertz CT molecular complexity index is 325. The second-order valence-electron chi connectivity index (χ2n) is 3.69.